The summed E-state index contributed by atoms with van der Waals surface area (Å²) in [6, 6.07) is -2.29. The van der Waals surface area contributed by atoms with Gasteiger partial charge in [-0.25, -0.2) is 8.78 Å². The van der Waals surface area contributed by atoms with Crippen molar-refractivity contribution in [2.75, 3.05) is 0 Å². The van der Waals surface area contributed by atoms with Crippen LogP contribution < -0.4 is 4.72 Å². The summed E-state index contributed by atoms with van der Waals surface area (Å²) in [5, 5.41) is 0. The van der Waals surface area contributed by atoms with Gasteiger partial charge in [-0.3, -0.25) is 4.98 Å². The van der Waals surface area contributed by atoms with Crippen molar-refractivity contribution in [3.63, 3.8) is 0 Å². The Hall–Kier alpha value is -0.930. The molecule has 1 aromatic rings. The number of nitrogens with zero attached hydrogens (tertiary/aromatic N) is 1. The smallest absolute Gasteiger partial charge is 0.413 e. The molecule has 0 saturated heterocycles. The van der Waals surface area contributed by atoms with Crippen molar-refractivity contribution in [1.82, 2.24) is 9.71 Å². The minimum atomic E-state index is -4.92. The van der Waals surface area contributed by atoms with Crippen molar-refractivity contribution in [2.45, 2.75) is 37.7 Å². The predicted molar refractivity (Wildman–Crippen MR) is 64.0 cm³/mol. The summed E-state index contributed by atoms with van der Waals surface area (Å²) in [5.41, 5.74) is -1.04. The molecule has 1 aromatic heterocycles. The number of hydrogen-bond acceptors (Lipinski definition) is 3. The Bertz CT molecular complexity index is 475. The van der Waals surface area contributed by atoms with Crippen molar-refractivity contribution >= 4 is 11.4 Å². The van der Waals surface area contributed by atoms with Crippen LogP contribution in [0.25, 0.3) is 0 Å². The maximum absolute atomic E-state index is 13.4. The average molecular weight is 316 g/mol. The van der Waals surface area contributed by atoms with Gasteiger partial charge in [0.05, 0.1) is 6.20 Å². The van der Waals surface area contributed by atoms with Gasteiger partial charge < -0.3 is 4.55 Å². The Morgan fingerprint density at radius 1 is 1.25 bits per heavy atom. The van der Waals surface area contributed by atoms with Crippen LogP contribution in [0.4, 0.5) is 22.0 Å². The van der Waals surface area contributed by atoms with E-state index in [1.807, 2.05) is 0 Å². The molecule has 1 unspecified atom stereocenters. The highest BCUT2D eigenvalue weighted by Crippen LogP contribution is 2.34. The minimum absolute atomic E-state index is 0.294. The van der Waals surface area contributed by atoms with Gasteiger partial charge in [0.1, 0.15) is 22.1 Å². The molecule has 0 amide bonds. The fourth-order valence-electron chi connectivity index (χ4n) is 1.20. The zero-order chi connectivity index (χ0) is 15.7. The fourth-order valence-corrected chi connectivity index (χ4v) is 2.01. The second-order valence-corrected chi connectivity index (χ2v) is 6.99. The quantitative estimate of drug-likeness (QED) is 0.689. The van der Waals surface area contributed by atoms with E-state index in [1.54, 1.807) is 4.72 Å². The second-order valence-electron chi connectivity index (χ2n) is 4.99. The maximum Gasteiger partial charge on any atom is 0.413 e. The molecule has 1 rings (SSSR count). The Labute approximate surface area is 115 Å². The summed E-state index contributed by atoms with van der Waals surface area (Å²) >= 11 is -2.10. The Balaban J connectivity index is 3.14. The van der Waals surface area contributed by atoms with E-state index in [1.165, 1.54) is 20.8 Å². The average Bonchev–Trinajstić information content (AvgIpc) is 2.23. The van der Waals surface area contributed by atoms with E-state index in [2.05, 4.69) is 4.98 Å². The highest BCUT2D eigenvalue weighted by Gasteiger charge is 2.47. The van der Waals surface area contributed by atoms with E-state index in [0.717, 1.165) is 0 Å². The van der Waals surface area contributed by atoms with Crippen LogP contribution in [0, 0.1) is 11.6 Å². The van der Waals surface area contributed by atoms with Crippen molar-refractivity contribution in [3.8, 4) is 0 Å². The van der Waals surface area contributed by atoms with E-state index in [0.29, 0.717) is 12.3 Å². The van der Waals surface area contributed by atoms with Gasteiger partial charge in [0.2, 0.25) is 0 Å². The molecule has 2 atom stereocenters. The van der Waals surface area contributed by atoms with Crippen molar-refractivity contribution in [2.24, 2.45) is 0 Å². The van der Waals surface area contributed by atoms with E-state index in [9.17, 15) is 26.5 Å². The molecule has 9 heteroatoms. The molecule has 0 radical (unpaired) electrons. The third-order valence-electron chi connectivity index (χ3n) is 2.22. The maximum atomic E-state index is 13.4. The van der Waals surface area contributed by atoms with Gasteiger partial charge in [0.15, 0.2) is 6.04 Å². The first kappa shape index (κ1) is 17.1. The topological polar surface area (TPSA) is 48.0 Å². The first-order chi connectivity index (χ1) is 8.93. The molecule has 20 heavy (non-hydrogen) atoms. The van der Waals surface area contributed by atoms with E-state index in [-0.39, 0.29) is 0 Å². The lowest BCUT2D eigenvalue weighted by Crippen LogP contribution is -2.46. The number of nitrogens with one attached hydrogen (secondary N) is 1. The lowest BCUT2D eigenvalue weighted by molar-refractivity contribution is -0.154. The molecule has 0 aliphatic heterocycles. The summed E-state index contributed by atoms with van der Waals surface area (Å²) in [7, 11) is 0. The standard InChI is InChI=1S/C11H13F5N2OS/c1-10(2,3)20(19)18-9(11(14,15)16)8-7(13)4-6(12)5-17-8/h4-5,9,18H,1-3H3/t9-,20?/m1/s1. The minimum Gasteiger partial charge on any atom is -0.598 e. The highest BCUT2D eigenvalue weighted by molar-refractivity contribution is 7.90. The number of hydrogen-bond donors (Lipinski definition) is 1. The van der Waals surface area contributed by atoms with Crippen LogP contribution in [0.15, 0.2) is 12.3 Å². The first-order valence-corrected chi connectivity index (χ1v) is 6.63. The highest BCUT2D eigenvalue weighted by atomic mass is 32.2. The predicted octanol–water partition coefficient (Wildman–Crippen LogP) is 3.02. The fraction of sp³-hybridized carbons (Fsp3) is 0.545. The van der Waals surface area contributed by atoms with Gasteiger partial charge in [-0.15, -0.1) is 4.72 Å². The lowest BCUT2D eigenvalue weighted by Gasteiger charge is -2.28. The van der Waals surface area contributed by atoms with E-state index >= 15 is 0 Å². The Morgan fingerprint density at radius 3 is 2.20 bits per heavy atom. The molecule has 0 saturated carbocycles. The molecule has 0 aromatic carbocycles. The first-order valence-electron chi connectivity index (χ1n) is 5.48. The summed E-state index contributed by atoms with van der Waals surface area (Å²) in [5.74, 6) is -2.55. The van der Waals surface area contributed by atoms with Gasteiger partial charge in [-0.1, -0.05) is 0 Å². The number of pyridine rings is 1. The van der Waals surface area contributed by atoms with Crippen molar-refractivity contribution in [1.29, 1.82) is 0 Å². The molecule has 0 aliphatic rings. The molecule has 0 spiro atoms. The Morgan fingerprint density at radius 2 is 1.80 bits per heavy atom. The van der Waals surface area contributed by atoms with Gasteiger partial charge in [-0.2, -0.15) is 13.2 Å². The summed E-state index contributed by atoms with van der Waals surface area (Å²) in [4.78, 5) is 3.11. The SMILES string of the molecule is CC(C)(C)[S+]([O-])N[C@H](c1ncc(F)cc1F)C(F)(F)F. The van der Waals surface area contributed by atoms with Crippen molar-refractivity contribution < 1.29 is 26.5 Å². The van der Waals surface area contributed by atoms with Crippen LogP contribution >= 0.6 is 0 Å². The number of aromatic nitrogens is 1. The van der Waals surface area contributed by atoms with Crippen LogP contribution in [0.2, 0.25) is 0 Å². The zero-order valence-electron chi connectivity index (χ0n) is 10.9. The molecule has 0 aliphatic carbocycles. The van der Waals surface area contributed by atoms with Crippen molar-refractivity contribution in [3.05, 3.63) is 29.6 Å². The van der Waals surface area contributed by atoms with Crippen LogP contribution in [0.5, 0.6) is 0 Å². The lowest BCUT2D eigenvalue weighted by atomic mass is 10.2. The van der Waals surface area contributed by atoms with E-state index in [4.69, 9.17) is 0 Å². The zero-order valence-corrected chi connectivity index (χ0v) is 11.7. The van der Waals surface area contributed by atoms with Crippen LogP contribution in [0.3, 0.4) is 0 Å². The third-order valence-corrected chi connectivity index (χ3v) is 3.78. The largest absolute Gasteiger partial charge is 0.598 e. The van der Waals surface area contributed by atoms with E-state index < -0.39 is 45.7 Å². The molecular weight excluding hydrogens is 303 g/mol. The molecule has 114 valence electrons. The Kier molecular flexibility index (Phi) is 4.99. The van der Waals surface area contributed by atoms with Crippen LogP contribution in [-0.2, 0) is 11.4 Å². The monoisotopic (exact) mass is 316 g/mol. The summed E-state index contributed by atoms with van der Waals surface area (Å²) in [6.45, 7) is 4.37. The van der Waals surface area contributed by atoms with Gasteiger partial charge >= 0.3 is 6.18 Å². The number of rotatable bonds is 3. The second kappa shape index (κ2) is 5.82. The molecule has 1 heterocycles. The number of alkyl halides is 3. The summed E-state index contributed by atoms with van der Waals surface area (Å²) in [6.07, 6.45) is -4.45. The van der Waals surface area contributed by atoms with Gasteiger partial charge in [0.25, 0.3) is 0 Å². The van der Waals surface area contributed by atoms with Crippen LogP contribution in [-0.4, -0.2) is 20.5 Å². The normalized spacial score (nSPS) is 16.1. The summed E-state index contributed by atoms with van der Waals surface area (Å²) < 4.78 is 77.5. The molecular formula is C11H13F5N2OS. The molecule has 0 fully saturated rings. The molecule has 0 bridgehead atoms. The van der Waals surface area contributed by atoms with Gasteiger partial charge in [0, 0.05) is 17.4 Å². The van der Waals surface area contributed by atoms with Gasteiger partial charge in [-0.05, 0) is 20.8 Å². The van der Waals surface area contributed by atoms with Crippen LogP contribution in [0.1, 0.15) is 32.5 Å². The number of halogens is 5. The molecule has 3 nitrogen and oxygen atoms in total. The molecule has 1 N–H and O–H groups in total. The third kappa shape index (κ3) is 4.29.